The van der Waals surface area contributed by atoms with Crippen LogP contribution in [0.3, 0.4) is 0 Å². The van der Waals surface area contributed by atoms with Crippen LogP contribution in [0.15, 0.2) is 24.4 Å². The normalized spacial score (nSPS) is 17.0. The van der Waals surface area contributed by atoms with Crippen LogP contribution in [-0.2, 0) is 4.74 Å². The van der Waals surface area contributed by atoms with Gasteiger partial charge in [-0.25, -0.2) is 9.97 Å². The van der Waals surface area contributed by atoms with Gasteiger partial charge in [0.15, 0.2) is 5.82 Å². The van der Waals surface area contributed by atoms with Crippen LogP contribution in [0.2, 0.25) is 0 Å². The predicted octanol–water partition coefficient (Wildman–Crippen LogP) is 2.85. The number of aromatic nitrogens is 4. The fourth-order valence-electron chi connectivity index (χ4n) is 3.80. The van der Waals surface area contributed by atoms with E-state index < -0.39 is 0 Å². The van der Waals surface area contributed by atoms with Crippen molar-refractivity contribution in [1.29, 1.82) is 0 Å². The van der Waals surface area contributed by atoms with Crippen LogP contribution < -0.4 is 10.1 Å². The third-order valence-corrected chi connectivity index (χ3v) is 5.79. The summed E-state index contributed by atoms with van der Waals surface area (Å²) in [5.41, 5.74) is 2.84. The van der Waals surface area contributed by atoms with E-state index in [0.717, 1.165) is 35.4 Å². The van der Waals surface area contributed by atoms with Gasteiger partial charge in [0, 0.05) is 24.6 Å². The largest absolute Gasteiger partial charge is 0.495 e. The minimum Gasteiger partial charge on any atom is -0.495 e. The van der Waals surface area contributed by atoms with Gasteiger partial charge in [0.1, 0.15) is 22.6 Å². The van der Waals surface area contributed by atoms with E-state index in [1.165, 1.54) is 6.42 Å². The number of morpholine rings is 1. The Labute approximate surface area is 173 Å². The Kier molecular flexibility index (Phi) is 4.96. The number of carbonyl (C=O) groups is 1. The number of methoxy groups -OCH3 is 1. The Bertz CT molecular complexity index is 1070. The summed E-state index contributed by atoms with van der Waals surface area (Å²) in [6, 6.07) is 5.42. The third-order valence-electron chi connectivity index (χ3n) is 5.79. The Hall–Kier alpha value is -3.20. The van der Waals surface area contributed by atoms with Crippen LogP contribution in [0.4, 0.5) is 11.5 Å². The molecular weight excluding hydrogens is 384 g/mol. The molecular formula is C21H24N6O3. The molecule has 156 valence electrons. The maximum atomic E-state index is 12.8. The first kappa shape index (κ1) is 18.8. The molecule has 0 bridgehead atoms. The minimum absolute atomic E-state index is 0.0200. The quantitative estimate of drug-likeness (QED) is 0.669. The second-order valence-electron chi connectivity index (χ2n) is 7.63. The molecule has 2 fully saturated rings. The highest BCUT2D eigenvalue weighted by Gasteiger charge is 2.25. The van der Waals surface area contributed by atoms with Gasteiger partial charge >= 0.3 is 0 Å². The SMILES string of the molecule is COc1cc(C(=O)N2CCOCC2)ccc1Nc1nc(C2CCC2)nc2cn[nH]c12. The molecule has 2 aliphatic rings. The van der Waals surface area contributed by atoms with Gasteiger partial charge in [0.05, 0.1) is 32.2 Å². The number of fused-ring (bicyclic) bond motifs is 1. The average molecular weight is 408 g/mol. The number of amides is 1. The van der Waals surface area contributed by atoms with E-state index in [1.54, 1.807) is 30.3 Å². The van der Waals surface area contributed by atoms with Gasteiger partial charge in [-0.1, -0.05) is 6.42 Å². The Balaban J connectivity index is 1.44. The van der Waals surface area contributed by atoms with E-state index in [0.29, 0.717) is 49.4 Å². The number of benzene rings is 1. The Morgan fingerprint density at radius 1 is 1.27 bits per heavy atom. The third kappa shape index (κ3) is 3.45. The summed E-state index contributed by atoms with van der Waals surface area (Å²) < 4.78 is 10.9. The standard InChI is InChI=1S/C21H24N6O3/c1-29-17-11-14(21(28)27-7-9-30-10-8-27)5-6-15(17)23-20-18-16(12-22-26-18)24-19(25-20)13-3-2-4-13/h5-6,11-13H,2-4,7-10H2,1H3,(H,22,26)(H,23,24,25). The molecule has 0 unspecified atom stereocenters. The van der Waals surface area contributed by atoms with E-state index in [1.807, 2.05) is 6.07 Å². The molecule has 1 aliphatic heterocycles. The molecule has 1 saturated heterocycles. The first-order valence-electron chi connectivity index (χ1n) is 10.3. The molecule has 0 radical (unpaired) electrons. The number of rotatable bonds is 5. The molecule has 30 heavy (non-hydrogen) atoms. The lowest BCUT2D eigenvalue weighted by Crippen LogP contribution is -2.40. The number of anilines is 2. The summed E-state index contributed by atoms with van der Waals surface area (Å²) in [5.74, 6) is 2.46. The first-order valence-corrected chi connectivity index (χ1v) is 10.3. The Morgan fingerprint density at radius 3 is 2.83 bits per heavy atom. The average Bonchev–Trinajstić information content (AvgIpc) is 3.22. The second kappa shape index (κ2) is 7.91. The molecule has 2 N–H and O–H groups in total. The van der Waals surface area contributed by atoms with Crippen molar-refractivity contribution in [3.8, 4) is 5.75 Å². The van der Waals surface area contributed by atoms with Crippen molar-refractivity contribution in [3.05, 3.63) is 35.8 Å². The van der Waals surface area contributed by atoms with Gasteiger partial charge in [-0.15, -0.1) is 0 Å². The number of ether oxygens (including phenoxy) is 2. The van der Waals surface area contributed by atoms with Crippen molar-refractivity contribution in [2.45, 2.75) is 25.2 Å². The molecule has 0 spiro atoms. The molecule has 3 aromatic rings. The van der Waals surface area contributed by atoms with Crippen LogP contribution in [0.5, 0.6) is 5.75 Å². The van der Waals surface area contributed by atoms with E-state index in [-0.39, 0.29) is 5.91 Å². The molecule has 2 aromatic heterocycles. The monoisotopic (exact) mass is 408 g/mol. The van der Waals surface area contributed by atoms with Gasteiger partial charge in [-0.2, -0.15) is 5.10 Å². The highest BCUT2D eigenvalue weighted by Crippen LogP contribution is 2.37. The molecule has 1 amide bonds. The lowest BCUT2D eigenvalue weighted by atomic mass is 9.85. The summed E-state index contributed by atoms with van der Waals surface area (Å²) in [4.78, 5) is 24.0. The van der Waals surface area contributed by atoms with Crippen molar-refractivity contribution < 1.29 is 14.3 Å². The van der Waals surface area contributed by atoms with E-state index in [9.17, 15) is 4.79 Å². The van der Waals surface area contributed by atoms with E-state index in [2.05, 4.69) is 20.5 Å². The second-order valence-corrected chi connectivity index (χ2v) is 7.63. The smallest absolute Gasteiger partial charge is 0.254 e. The van der Waals surface area contributed by atoms with Crippen molar-refractivity contribution in [2.75, 3.05) is 38.7 Å². The molecule has 9 nitrogen and oxygen atoms in total. The van der Waals surface area contributed by atoms with Crippen LogP contribution in [0, 0.1) is 0 Å². The predicted molar refractivity (Wildman–Crippen MR) is 111 cm³/mol. The zero-order chi connectivity index (χ0) is 20.5. The van der Waals surface area contributed by atoms with Gasteiger partial charge in [0.25, 0.3) is 5.91 Å². The molecule has 1 aromatic carbocycles. The molecule has 3 heterocycles. The minimum atomic E-state index is -0.0200. The van der Waals surface area contributed by atoms with Crippen LogP contribution in [0.25, 0.3) is 11.0 Å². The molecule has 5 rings (SSSR count). The fourth-order valence-corrected chi connectivity index (χ4v) is 3.80. The zero-order valence-corrected chi connectivity index (χ0v) is 16.9. The topological polar surface area (TPSA) is 105 Å². The van der Waals surface area contributed by atoms with E-state index in [4.69, 9.17) is 14.5 Å². The number of hydrogen-bond acceptors (Lipinski definition) is 7. The Morgan fingerprint density at radius 2 is 2.10 bits per heavy atom. The van der Waals surface area contributed by atoms with Gasteiger partial charge in [0.2, 0.25) is 0 Å². The van der Waals surface area contributed by atoms with Crippen LogP contribution >= 0.6 is 0 Å². The number of hydrogen-bond donors (Lipinski definition) is 2. The lowest BCUT2D eigenvalue weighted by molar-refractivity contribution is 0.0302. The molecule has 1 aliphatic carbocycles. The number of carbonyl (C=O) groups excluding carboxylic acids is 1. The van der Waals surface area contributed by atoms with Crippen LogP contribution in [-0.4, -0.2) is 64.4 Å². The summed E-state index contributed by atoms with van der Waals surface area (Å²) >= 11 is 0. The van der Waals surface area contributed by atoms with Crippen molar-refractivity contribution >= 4 is 28.4 Å². The molecule has 1 saturated carbocycles. The first-order chi connectivity index (χ1) is 14.7. The number of aromatic amines is 1. The molecule has 0 atom stereocenters. The summed E-state index contributed by atoms with van der Waals surface area (Å²) in [5, 5.41) is 10.4. The number of nitrogens with zero attached hydrogens (tertiary/aromatic N) is 4. The maximum absolute atomic E-state index is 12.8. The van der Waals surface area contributed by atoms with Crippen LogP contribution in [0.1, 0.15) is 41.4 Å². The number of H-pyrrole nitrogens is 1. The van der Waals surface area contributed by atoms with Crippen molar-refractivity contribution in [2.24, 2.45) is 0 Å². The zero-order valence-electron chi connectivity index (χ0n) is 16.9. The number of nitrogens with one attached hydrogen (secondary N) is 2. The van der Waals surface area contributed by atoms with E-state index >= 15 is 0 Å². The summed E-state index contributed by atoms with van der Waals surface area (Å²) in [6.45, 7) is 2.34. The summed E-state index contributed by atoms with van der Waals surface area (Å²) in [7, 11) is 1.59. The fraction of sp³-hybridized carbons (Fsp3) is 0.429. The van der Waals surface area contributed by atoms with Crippen molar-refractivity contribution in [1.82, 2.24) is 25.1 Å². The van der Waals surface area contributed by atoms with Gasteiger partial charge in [-0.3, -0.25) is 9.89 Å². The summed E-state index contributed by atoms with van der Waals surface area (Å²) in [6.07, 6.45) is 5.16. The van der Waals surface area contributed by atoms with Crippen molar-refractivity contribution in [3.63, 3.8) is 0 Å². The lowest BCUT2D eigenvalue weighted by Gasteiger charge is -2.27. The molecule has 9 heteroatoms. The van der Waals surface area contributed by atoms with Gasteiger partial charge in [-0.05, 0) is 31.0 Å². The maximum Gasteiger partial charge on any atom is 0.254 e. The highest BCUT2D eigenvalue weighted by molar-refractivity contribution is 5.96. The van der Waals surface area contributed by atoms with Gasteiger partial charge < -0.3 is 19.7 Å². The highest BCUT2D eigenvalue weighted by atomic mass is 16.5.